The molecule has 0 spiro atoms. The molecule has 13 heteroatoms. The molecular formula is C18H22N6O5S2. The number of amides is 2. The number of nitrogens with two attached hydrogens (primary N) is 1. The largest absolute Gasteiger partial charge is 0.477 e. The van der Waals surface area contributed by atoms with Crippen LogP contribution < -0.4 is 11.1 Å². The summed E-state index contributed by atoms with van der Waals surface area (Å²) in [5, 5.41) is 15.6. The molecule has 1 aromatic heterocycles. The van der Waals surface area contributed by atoms with Crippen molar-refractivity contribution in [2.75, 3.05) is 11.5 Å². The van der Waals surface area contributed by atoms with Crippen molar-refractivity contribution in [3.05, 3.63) is 17.6 Å². The third kappa shape index (κ3) is 4.51. The third-order valence-corrected chi connectivity index (χ3v) is 7.04. The molecule has 166 valence electrons. The molecule has 3 heterocycles. The number of hydrogen-bond acceptors (Lipinski definition) is 10. The Morgan fingerprint density at radius 2 is 2.03 bits per heavy atom. The van der Waals surface area contributed by atoms with Crippen molar-refractivity contribution < 1.29 is 24.3 Å². The van der Waals surface area contributed by atoms with Gasteiger partial charge in [-0.3, -0.25) is 14.5 Å². The van der Waals surface area contributed by atoms with Gasteiger partial charge in [0.15, 0.2) is 5.13 Å². The van der Waals surface area contributed by atoms with Crippen molar-refractivity contribution in [3.63, 3.8) is 0 Å². The number of nitrogen functional groups attached to an aromatic ring is 1. The van der Waals surface area contributed by atoms with Gasteiger partial charge in [-0.05, 0) is 31.8 Å². The van der Waals surface area contributed by atoms with E-state index in [-0.39, 0.29) is 28.5 Å². The summed E-state index contributed by atoms with van der Waals surface area (Å²) in [4.78, 5) is 47.7. The average molecular weight is 467 g/mol. The number of hydrogen-bond donors (Lipinski definition) is 3. The predicted octanol–water partition coefficient (Wildman–Crippen LogP) is 0.932. The average Bonchev–Trinajstić information content (AvgIpc) is 3.01. The number of carboxylic acid groups (broad SMARTS) is 1. The van der Waals surface area contributed by atoms with Crippen LogP contribution in [-0.2, 0) is 19.2 Å². The highest BCUT2D eigenvalue weighted by Crippen LogP contribution is 2.37. The number of rotatable bonds is 6. The molecule has 4 rings (SSSR count). The summed E-state index contributed by atoms with van der Waals surface area (Å²) in [6, 6.07) is -0.875. The van der Waals surface area contributed by atoms with Gasteiger partial charge in [-0.1, -0.05) is 18.0 Å². The second-order valence-corrected chi connectivity index (χ2v) is 9.33. The van der Waals surface area contributed by atoms with E-state index in [1.165, 1.54) is 22.7 Å². The Morgan fingerprint density at radius 3 is 2.68 bits per heavy atom. The van der Waals surface area contributed by atoms with Gasteiger partial charge in [0.25, 0.3) is 11.8 Å². The number of aromatic nitrogens is 2. The molecule has 1 saturated heterocycles. The van der Waals surface area contributed by atoms with Crippen LogP contribution >= 0.6 is 23.3 Å². The second kappa shape index (κ2) is 9.22. The fourth-order valence-corrected chi connectivity index (χ4v) is 5.37. The molecule has 1 unspecified atom stereocenters. The molecular weight excluding hydrogens is 444 g/mol. The van der Waals surface area contributed by atoms with Crippen LogP contribution in [0.4, 0.5) is 5.13 Å². The zero-order valence-electron chi connectivity index (χ0n) is 16.5. The number of nitrogens with zero attached hydrogens (tertiary/aromatic N) is 4. The minimum absolute atomic E-state index is 0.0275. The summed E-state index contributed by atoms with van der Waals surface area (Å²) in [7, 11) is 0. The van der Waals surface area contributed by atoms with Crippen molar-refractivity contribution in [2.45, 2.75) is 56.0 Å². The van der Waals surface area contributed by atoms with Gasteiger partial charge in [-0.15, -0.1) is 11.8 Å². The Bertz CT molecular complexity index is 940. The lowest BCUT2D eigenvalue weighted by atomic mass is 10.0. The number of fused-ring (bicyclic) bond motifs is 1. The van der Waals surface area contributed by atoms with Gasteiger partial charge in [0.1, 0.15) is 23.2 Å². The number of aliphatic carboxylic acids is 1. The molecule has 31 heavy (non-hydrogen) atoms. The van der Waals surface area contributed by atoms with Crippen LogP contribution in [0.25, 0.3) is 0 Å². The first-order valence-electron chi connectivity index (χ1n) is 9.98. The molecule has 11 nitrogen and oxygen atoms in total. The number of anilines is 1. The van der Waals surface area contributed by atoms with Crippen LogP contribution in [0.3, 0.4) is 0 Å². The Morgan fingerprint density at radius 1 is 1.29 bits per heavy atom. The molecule has 2 atom stereocenters. The maximum atomic E-state index is 13.0. The van der Waals surface area contributed by atoms with Crippen LogP contribution in [0.2, 0.25) is 0 Å². The first-order chi connectivity index (χ1) is 15.0. The normalized spacial score (nSPS) is 24.5. The molecule has 4 N–H and O–H groups in total. The lowest BCUT2D eigenvalue weighted by Crippen LogP contribution is -2.70. The molecule has 1 aromatic rings. The van der Waals surface area contributed by atoms with Crippen molar-refractivity contribution in [3.8, 4) is 0 Å². The number of nitrogens with one attached hydrogen (secondary N) is 1. The van der Waals surface area contributed by atoms with Crippen molar-refractivity contribution in [2.24, 2.45) is 5.16 Å². The predicted molar refractivity (Wildman–Crippen MR) is 114 cm³/mol. The summed E-state index contributed by atoms with van der Waals surface area (Å²) < 4.78 is 4.05. The van der Waals surface area contributed by atoms with E-state index in [9.17, 15) is 19.5 Å². The maximum Gasteiger partial charge on any atom is 0.352 e. The standard InChI is InChI=1S/C18H22N6O5S2/c19-18-21-13(23-31-18)11(22-29-9-5-3-1-2-4-6-9)14(25)20-12-15(26)24-10(17(27)28)7-8-30-16(12)24/h7,9,12,16H,1-6,8H2,(H,20,25)(H,27,28)(H2,19,21,23)/b22-11-/t12?,16-/m1/s1. The van der Waals surface area contributed by atoms with E-state index in [1.807, 2.05) is 0 Å². The van der Waals surface area contributed by atoms with E-state index in [0.717, 1.165) is 50.1 Å². The molecule has 0 radical (unpaired) electrons. The summed E-state index contributed by atoms with van der Waals surface area (Å²) in [6.07, 6.45) is 7.45. The summed E-state index contributed by atoms with van der Waals surface area (Å²) in [5.41, 5.74) is 5.43. The van der Waals surface area contributed by atoms with Crippen LogP contribution in [0.1, 0.15) is 44.3 Å². The molecule has 2 amide bonds. The number of oxime groups is 1. The number of carbonyl (C=O) groups is 3. The summed E-state index contributed by atoms with van der Waals surface area (Å²) in [6.45, 7) is 0. The van der Waals surface area contributed by atoms with Gasteiger partial charge in [0.05, 0.1) is 0 Å². The topological polar surface area (TPSA) is 160 Å². The molecule has 0 aromatic carbocycles. The molecule has 2 aliphatic heterocycles. The lowest BCUT2D eigenvalue weighted by molar-refractivity contribution is -0.150. The van der Waals surface area contributed by atoms with Gasteiger partial charge in [-0.25, -0.2) is 4.79 Å². The first-order valence-corrected chi connectivity index (χ1v) is 11.8. The van der Waals surface area contributed by atoms with E-state index in [0.29, 0.717) is 5.75 Å². The quantitative estimate of drug-likeness (QED) is 0.240. The molecule has 1 saturated carbocycles. The summed E-state index contributed by atoms with van der Waals surface area (Å²) >= 11 is 2.29. The van der Waals surface area contributed by atoms with Crippen molar-refractivity contribution in [1.82, 2.24) is 19.6 Å². The number of thioether (sulfide) groups is 1. The minimum Gasteiger partial charge on any atom is -0.477 e. The molecule has 2 fully saturated rings. The Balaban J connectivity index is 1.49. The highest BCUT2D eigenvalue weighted by Gasteiger charge is 2.53. The Hall–Kier alpha value is -2.67. The first kappa shape index (κ1) is 21.6. The van der Waals surface area contributed by atoms with Gasteiger partial charge in [-0.2, -0.15) is 9.36 Å². The lowest BCUT2D eigenvalue weighted by Gasteiger charge is -2.48. The zero-order valence-corrected chi connectivity index (χ0v) is 18.2. The van der Waals surface area contributed by atoms with Gasteiger partial charge in [0, 0.05) is 17.3 Å². The van der Waals surface area contributed by atoms with Crippen LogP contribution in [0.15, 0.2) is 16.9 Å². The fourth-order valence-electron chi connectivity index (χ4n) is 3.74. The maximum absolute atomic E-state index is 13.0. The molecule has 1 aliphatic carbocycles. The third-order valence-electron chi connectivity index (χ3n) is 5.32. The second-order valence-electron chi connectivity index (χ2n) is 7.39. The van der Waals surface area contributed by atoms with Gasteiger partial charge >= 0.3 is 5.97 Å². The van der Waals surface area contributed by atoms with E-state index in [4.69, 9.17) is 10.6 Å². The van der Waals surface area contributed by atoms with Crippen molar-refractivity contribution in [1.29, 1.82) is 0 Å². The monoisotopic (exact) mass is 466 g/mol. The van der Waals surface area contributed by atoms with Crippen molar-refractivity contribution >= 4 is 51.9 Å². The van der Waals surface area contributed by atoms with Gasteiger partial charge < -0.3 is 21.0 Å². The van der Waals surface area contributed by atoms with E-state index in [2.05, 4.69) is 19.8 Å². The van der Waals surface area contributed by atoms with E-state index >= 15 is 0 Å². The SMILES string of the molecule is Nc1nc(/C(=N/OC2CCCCCC2)C(=O)NC2C(=O)N3C(C(=O)O)=CCS[C@H]23)ns1. The summed E-state index contributed by atoms with van der Waals surface area (Å²) in [5.74, 6) is -1.88. The number of carboxylic acids is 1. The highest BCUT2D eigenvalue weighted by molar-refractivity contribution is 8.00. The molecule has 3 aliphatic rings. The highest BCUT2D eigenvalue weighted by atomic mass is 32.2. The number of carbonyl (C=O) groups excluding carboxylic acids is 2. The van der Waals surface area contributed by atoms with Crippen LogP contribution in [0.5, 0.6) is 0 Å². The minimum atomic E-state index is -1.18. The van der Waals surface area contributed by atoms with E-state index in [1.54, 1.807) is 0 Å². The van der Waals surface area contributed by atoms with Crippen LogP contribution in [-0.4, -0.2) is 66.1 Å². The van der Waals surface area contributed by atoms with Gasteiger partial charge in [0.2, 0.25) is 11.5 Å². The fraction of sp³-hybridized carbons (Fsp3) is 0.556. The number of β-lactam (4-membered cyclic amide) rings is 1. The Labute approximate surface area is 186 Å². The Kier molecular flexibility index (Phi) is 6.41. The zero-order chi connectivity index (χ0) is 22.0. The van der Waals surface area contributed by atoms with E-state index < -0.39 is 29.2 Å². The molecule has 0 bridgehead atoms. The smallest absolute Gasteiger partial charge is 0.352 e. The van der Waals surface area contributed by atoms with Crippen LogP contribution in [0, 0.1) is 0 Å².